The number of aromatic carboxylic acids is 1. The first-order chi connectivity index (χ1) is 14.5. The Morgan fingerprint density at radius 3 is 2.70 bits per heavy atom. The molecule has 2 N–H and O–H groups in total. The quantitative estimate of drug-likeness (QED) is 0.602. The third kappa shape index (κ3) is 3.91. The van der Waals surface area contributed by atoms with Crippen LogP contribution in [0.2, 0.25) is 5.02 Å². The summed E-state index contributed by atoms with van der Waals surface area (Å²) in [5.41, 5.74) is 3.14. The second-order valence-corrected chi connectivity index (χ2v) is 7.43. The number of nitrogens with zero attached hydrogens (tertiary/aromatic N) is 2. The minimum absolute atomic E-state index is 0.0417. The van der Waals surface area contributed by atoms with Crippen LogP contribution in [0.25, 0.3) is 10.9 Å². The standard InChI is InChI=1S/C22H21ClFN3O3/c1-2-18-20(22(28)29)21(25-13-3-5-17(24)16(23)11-13)15-12-14(4-6-19(15)26-18)27-7-9-30-10-8-27/h3-6,11-12H,2,7-10H2,1H3,(H,25,26)(H,28,29). The van der Waals surface area contributed by atoms with Gasteiger partial charge in [-0.3, -0.25) is 4.98 Å². The fraction of sp³-hybridized carbons (Fsp3) is 0.273. The molecule has 0 amide bonds. The zero-order valence-electron chi connectivity index (χ0n) is 16.4. The molecule has 1 aromatic heterocycles. The molecule has 2 aromatic carbocycles. The molecule has 1 aliphatic rings. The molecule has 0 radical (unpaired) electrons. The summed E-state index contributed by atoms with van der Waals surface area (Å²) in [4.78, 5) is 18.9. The van der Waals surface area contributed by atoms with Gasteiger partial charge in [-0.2, -0.15) is 0 Å². The molecular weight excluding hydrogens is 409 g/mol. The number of aryl methyl sites for hydroxylation is 1. The van der Waals surface area contributed by atoms with Crippen molar-refractivity contribution < 1.29 is 19.0 Å². The van der Waals surface area contributed by atoms with Gasteiger partial charge in [0.1, 0.15) is 11.4 Å². The fourth-order valence-electron chi connectivity index (χ4n) is 3.65. The zero-order chi connectivity index (χ0) is 21.3. The van der Waals surface area contributed by atoms with Crippen molar-refractivity contribution in [3.05, 3.63) is 58.5 Å². The van der Waals surface area contributed by atoms with E-state index in [0.29, 0.717) is 47.6 Å². The van der Waals surface area contributed by atoms with E-state index in [9.17, 15) is 14.3 Å². The van der Waals surface area contributed by atoms with Gasteiger partial charge in [-0.25, -0.2) is 9.18 Å². The van der Waals surface area contributed by atoms with Gasteiger partial charge in [0.2, 0.25) is 0 Å². The predicted molar refractivity (Wildman–Crippen MR) is 116 cm³/mol. The van der Waals surface area contributed by atoms with Gasteiger partial charge in [0.15, 0.2) is 0 Å². The lowest BCUT2D eigenvalue weighted by molar-refractivity contribution is 0.0696. The average Bonchev–Trinajstić information content (AvgIpc) is 2.76. The van der Waals surface area contributed by atoms with Crippen LogP contribution in [0.15, 0.2) is 36.4 Å². The van der Waals surface area contributed by atoms with Gasteiger partial charge in [-0.1, -0.05) is 18.5 Å². The van der Waals surface area contributed by atoms with Crippen LogP contribution in [-0.4, -0.2) is 42.4 Å². The van der Waals surface area contributed by atoms with Crippen molar-refractivity contribution in [1.29, 1.82) is 0 Å². The summed E-state index contributed by atoms with van der Waals surface area (Å²) in [6.07, 6.45) is 0.460. The molecule has 0 atom stereocenters. The molecule has 156 valence electrons. The number of aromatic nitrogens is 1. The average molecular weight is 430 g/mol. The van der Waals surface area contributed by atoms with Crippen molar-refractivity contribution in [2.24, 2.45) is 0 Å². The van der Waals surface area contributed by atoms with E-state index >= 15 is 0 Å². The van der Waals surface area contributed by atoms with Gasteiger partial charge in [0.25, 0.3) is 0 Å². The van der Waals surface area contributed by atoms with E-state index in [2.05, 4.69) is 15.2 Å². The van der Waals surface area contributed by atoms with Crippen LogP contribution in [-0.2, 0) is 11.2 Å². The molecule has 1 aliphatic heterocycles. The Morgan fingerprint density at radius 1 is 1.27 bits per heavy atom. The smallest absolute Gasteiger partial charge is 0.339 e. The second-order valence-electron chi connectivity index (χ2n) is 7.02. The normalized spacial score (nSPS) is 14.2. The summed E-state index contributed by atoms with van der Waals surface area (Å²) in [5.74, 6) is -1.61. The Hall–Kier alpha value is -2.90. The summed E-state index contributed by atoms with van der Waals surface area (Å²) in [6, 6.07) is 10.0. The molecule has 6 nitrogen and oxygen atoms in total. The molecule has 0 saturated carbocycles. The summed E-state index contributed by atoms with van der Waals surface area (Å²) in [6.45, 7) is 4.67. The summed E-state index contributed by atoms with van der Waals surface area (Å²) in [7, 11) is 0. The fourth-order valence-corrected chi connectivity index (χ4v) is 3.84. The highest BCUT2D eigenvalue weighted by atomic mass is 35.5. The van der Waals surface area contributed by atoms with Gasteiger partial charge in [-0.05, 0) is 42.8 Å². The van der Waals surface area contributed by atoms with Crippen molar-refractivity contribution in [3.8, 4) is 0 Å². The third-order valence-electron chi connectivity index (χ3n) is 5.16. The van der Waals surface area contributed by atoms with Gasteiger partial charge >= 0.3 is 5.97 Å². The highest BCUT2D eigenvalue weighted by Crippen LogP contribution is 2.35. The van der Waals surface area contributed by atoms with Crippen molar-refractivity contribution in [2.45, 2.75) is 13.3 Å². The van der Waals surface area contributed by atoms with E-state index in [1.165, 1.54) is 18.2 Å². The summed E-state index contributed by atoms with van der Waals surface area (Å²) in [5, 5.41) is 13.7. The number of carboxylic acids is 1. The number of hydrogen-bond donors (Lipinski definition) is 2. The minimum atomic E-state index is -1.08. The lowest BCUT2D eigenvalue weighted by atomic mass is 10.0. The molecule has 2 heterocycles. The molecule has 0 aliphatic carbocycles. The summed E-state index contributed by atoms with van der Waals surface area (Å²) >= 11 is 5.92. The number of carboxylic acid groups (broad SMARTS) is 1. The first-order valence-corrected chi connectivity index (χ1v) is 10.1. The molecule has 0 bridgehead atoms. The maximum Gasteiger partial charge on any atom is 0.339 e. The number of hydrogen-bond acceptors (Lipinski definition) is 5. The lowest BCUT2D eigenvalue weighted by Crippen LogP contribution is -2.36. The maximum atomic E-state index is 13.6. The number of fused-ring (bicyclic) bond motifs is 1. The highest BCUT2D eigenvalue weighted by Gasteiger charge is 2.22. The van der Waals surface area contributed by atoms with Crippen LogP contribution < -0.4 is 10.2 Å². The first-order valence-electron chi connectivity index (χ1n) is 9.72. The van der Waals surface area contributed by atoms with Crippen molar-refractivity contribution in [1.82, 2.24) is 4.98 Å². The SMILES string of the molecule is CCc1nc2ccc(N3CCOCC3)cc2c(Nc2ccc(F)c(Cl)c2)c1C(=O)O. The second kappa shape index (κ2) is 8.45. The van der Waals surface area contributed by atoms with Crippen LogP contribution in [0.1, 0.15) is 23.0 Å². The van der Waals surface area contributed by atoms with Gasteiger partial charge in [-0.15, -0.1) is 0 Å². The Kier molecular flexibility index (Phi) is 5.74. The van der Waals surface area contributed by atoms with E-state index in [0.717, 1.165) is 18.8 Å². The number of halogens is 2. The molecule has 0 unspecified atom stereocenters. The van der Waals surface area contributed by atoms with Crippen molar-refractivity contribution in [2.75, 3.05) is 36.5 Å². The van der Waals surface area contributed by atoms with E-state index in [1.54, 1.807) is 0 Å². The highest BCUT2D eigenvalue weighted by molar-refractivity contribution is 6.31. The van der Waals surface area contributed by atoms with Crippen LogP contribution in [0.5, 0.6) is 0 Å². The van der Waals surface area contributed by atoms with E-state index < -0.39 is 11.8 Å². The first kappa shape index (κ1) is 20.4. The maximum absolute atomic E-state index is 13.6. The minimum Gasteiger partial charge on any atom is -0.478 e. The number of morpholine rings is 1. The number of carbonyl (C=O) groups is 1. The number of benzene rings is 2. The Morgan fingerprint density at radius 2 is 2.03 bits per heavy atom. The third-order valence-corrected chi connectivity index (χ3v) is 5.45. The summed E-state index contributed by atoms with van der Waals surface area (Å²) < 4.78 is 19.0. The Labute approximate surface area is 178 Å². The molecule has 30 heavy (non-hydrogen) atoms. The van der Waals surface area contributed by atoms with E-state index in [1.807, 2.05) is 25.1 Å². The predicted octanol–water partition coefficient (Wildman–Crippen LogP) is 4.87. The number of rotatable bonds is 5. The number of ether oxygens (including phenoxy) is 1. The van der Waals surface area contributed by atoms with Gasteiger partial charge < -0.3 is 20.1 Å². The number of pyridine rings is 1. The molecule has 1 fully saturated rings. The monoisotopic (exact) mass is 429 g/mol. The van der Waals surface area contributed by atoms with Crippen molar-refractivity contribution >= 4 is 45.5 Å². The molecule has 4 rings (SSSR count). The number of anilines is 3. The molecule has 1 saturated heterocycles. The largest absolute Gasteiger partial charge is 0.478 e. The molecule has 3 aromatic rings. The lowest BCUT2D eigenvalue weighted by Gasteiger charge is -2.29. The van der Waals surface area contributed by atoms with Crippen molar-refractivity contribution in [3.63, 3.8) is 0 Å². The van der Waals surface area contributed by atoms with Crippen LogP contribution in [0, 0.1) is 5.82 Å². The number of nitrogens with one attached hydrogen (secondary N) is 1. The van der Waals surface area contributed by atoms with Gasteiger partial charge in [0.05, 0.1) is 35.1 Å². The molecule has 8 heteroatoms. The van der Waals surface area contributed by atoms with Crippen LogP contribution in [0.4, 0.5) is 21.5 Å². The molecule has 0 spiro atoms. The zero-order valence-corrected chi connectivity index (χ0v) is 17.2. The van der Waals surface area contributed by atoms with Crippen LogP contribution in [0.3, 0.4) is 0 Å². The molecular formula is C22H21ClFN3O3. The topological polar surface area (TPSA) is 74.7 Å². The van der Waals surface area contributed by atoms with Gasteiger partial charge in [0, 0.05) is 29.9 Å². The Balaban J connectivity index is 1.90. The van der Waals surface area contributed by atoms with E-state index in [4.69, 9.17) is 16.3 Å². The van der Waals surface area contributed by atoms with Crippen LogP contribution >= 0.6 is 11.6 Å². The Bertz CT molecular complexity index is 1120. The van der Waals surface area contributed by atoms with E-state index in [-0.39, 0.29) is 10.6 Å².